The van der Waals surface area contributed by atoms with E-state index >= 15 is 0 Å². The van der Waals surface area contributed by atoms with Crippen molar-refractivity contribution in [2.24, 2.45) is 0 Å². The minimum absolute atomic E-state index is 0.0196. The molecule has 0 aliphatic heterocycles. The first-order valence-corrected chi connectivity index (χ1v) is 8.56. The van der Waals surface area contributed by atoms with Crippen molar-refractivity contribution >= 4 is 51.0 Å². The molecule has 0 bridgehead atoms. The molecular formula is C17H14BrNO4S. The number of carbonyl (C=O) groups is 3. The first-order valence-electron chi connectivity index (χ1n) is 6.95. The second-order valence-electron chi connectivity index (χ2n) is 4.75. The first-order chi connectivity index (χ1) is 11.5. The minimum atomic E-state index is -0.766. The number of carbonyl (C=O) groups excluding carboxylic acids is 3. The summed E-state index contributed by atoms with van der Waals surface area (Å²) in [6.45, 7) is 0.901. The normalized spacial score (nSPS) is 11.0. The molecule has 0 unspecified atom stereocenters. The smallest absolute Gasteiger partial charge is 0.355 e. The van der Waals surface area contributed by atoms with Crippen molar-refractivity contribution in [3.63, 3.8) is 0 Å². The lowest BCUT2D eigenvalue weighted by atomic mass is 10.2. The van der Waals surface area contributed by atoms with Crippen molar-refractivity contribution in [2.45, 2.75) is 6.92 Å². The highest BCUT2D eigenvalue weighted by atomic mass is 79.9. The van der Waals surface area contributed by atoms with Crippen LogP contribution in [-0.4, -0.2) is 24.3 Å². The van der Waals surface area contributed by atoms with E-state index in [1.807, 2.05) is 6.07 Å². The van der Waals surface area contributed by atoms with Crippen molar-refractivity contribution in [3.05, 3.63) is 62.4 Å². The summed E-state index contributed by atoms with van der Waals surface area (Å²) in [7, 11) is 0. The van der Waals surface area contributed by atoms with E-state index in [2.05, 4.69) is 21.2 Å². The van der Waals surface area contributed by atoms with Gasteiger partial charge in [-0.05, 0) is 39.7 Å². The van der Waals surface area contributed by atoms with E-state index in [4.69, 9.17) is 4.74 Å². The first kappa shape index (κ1) is 18.1. The van der Waals surface area contributed by atoms with E-state index in [1.54, 1.807) is 36.4 Å². The number of amides is 1. The molecule has 1 N–H and O–H groups in total. The zero-order valence-corrected chi connectivity index (χ0v) is 15.1. The lowest BCUT2D eigenvalue weighted by molar-refractivity contribution is -0.139. The van der Waals surface area contributed by atoms with Crippen LogP contribution < -0.4 is 5.32 Å². The maximum Gasteiger partial charge on any atom is 0.355 e. The fraction of sp³-hybridized carbons (Fsp3) is 0.118. The number of ether oxygens (including phenoxy) is 1. The largest absolute Gasteiger partial charge is 0.453 e. The zero-order chi connectivity index (χ0) is 17.5. The third kappa shape index (κ3) is 5.43. The van der Waals surface area contributed by atoms with Crippen LogP contribution in [0.15, 0.2) is 51.9 Å². The van der Waals surface area contributed by atoms with Gasteiger partial charge in [0.25, 0.3) is 0 Å². The third-order valence-corrected chi connectivity index (χ3v) is 4.49. The molecule has 0 atom stereocenters. The Morgan fingerprint density at radius 2 is 1.88 bits per heavy atom. The molecule has 2 aromatic rings. The van der Waals surface area contributed by atoms with Gasteiger partial charge >= 0.3 is 5.97 Å². The van der Waals surface area contributed by atoms with Gasteiger partial charge in [-0.3, -0.25) is 9.59 Å². The average Bonchev–Trinajstić information content (AvgIpc) is 2.99. The summed E-state index contributed by atoms with van der Waals surface area (Å²) in [6, 6.07) is 12.4. The van der Waals surface area contributed by atoms with Gasteiger partial charge < -0.3 is 10.1 Å². The van der Waals surface area contributed by atoms with E-state index in [0.717, 1.165) is 9.35 Å². The fourth-order valence-electron chi connectivity index (χ4n) is 1.80. The Kier molecular flexibility index (Phi) is 6.45. The predicted octanol–water partition coefficient (Wildman–Crippen LogP) is 3.41. The number of rotatable bonds is 6. The molecule has 1 aromatic carbocycles. The lowest BCUT2D eigenvalue weighted by Crippen LogP contribution is -2.27. The summed E-state index contributed by atoms with van der Waals surface area (Å²) >= 11 is 4.53. The molecule has 5 nitrogen and oxygen atoms in total. The molecule has 24 heavy (non-hydrogen) atoms. The second-order valence-corrected chi connectivity index (χ2v) is 7.22. The van der Waals surface area contributed by atoms with Gasteiger partial charge in [-0.1, -0.05) is 30.3 Å². The van der Waals surface area contributed by atoms with Crippen molar-refractivity contribution < 1.29 is 19.1 Å². The molecule has 1 heterocycles. The van der Waals surface area contributed by atoms with Crippen LogP contribution in [0.3, 0.4) is 0 Å². The summed E-state index contributed by atoms with van der Waals surface area (Å²) in [5, 5.41) is 2.43. The van der Waals surface area contributed by atoms with Crippen LogP contribution >= 0.6 is 27.3 Å². The van der Waals surface area contributed by atoms with E-state index in [-0.39, 0.29) is 11.5 Å². The van der Waals surface area contributed by atoms with Crippen molar-refractivity contribution in [1.82, 2.24) is 5.32 Å². The number of nitrogens with one attached hydrogen (secondary N) is 1. The fourth-order valence-corrected chi connectivity index (χ4v) is 3.11. The average molecular weight is 408 g/mol. The van der Waals surface area contributed by atoms with Crippen LogP contribution in [-0.2, 0) is 14.3 Å². The van der Waals surface area contributed by atoms with Crippen molar-refractivity contribution in [1.29, 1.82) is 0 Å². The molecule has 0 fully saturated rings. The van der Waals surface area contributed by atoms with E-state index < -0.39 is 18.5 Å². The number of thiophene rings is 1. The van der Waals surface area contributed by atoms with Gasteiger partial charge in [0.05, 0.1) is 8.66 Å². The highest BCUT2D eigenvalue weighted by molar-refractivity contribution is 9.11. The van der Waals surface area contributed by atoms with Gasteiger partial charge in [0.1, 0.15) is 5.70 Å². The van der Waals surface area contributed by atoms with Gasteiger partial charge in [0.2, 0.25) is 11.7 Å². The molecule has 0 aliphatic rings. The van der Waals surface area contributed by atoms with Crippen LogP contribution in [0.2, 0.25) is 0 Å². The van der Waals surface area contributed by atoms with Crippen molar-refractivity contribution in [2.75, 3.05) is 6.61 Å². The molecule has 1 aromatic heterocycles. The number of esters is 1. The topological polar surface area (TPSA) is 72.5 Å². The Morgan fingerprint density at radius 3 is 2.46 bits per heavy atom. The van der Waals surface area contributed by atoms with Crippen LogP contribution in [0.25, 0.3) is 6.08 Å². The number of benzene rings is 1. The monoisotopic (exact) mass is 407 g/mol. The van der Waals surface area contributed by atoms with Crippen LogP contribution in [0.1, 0.15) is 22.2 Å². The summed E-state index contributed by atoms with van der Waals surface area (Å²) in [6.07, 6.45) is 1.50. The highest BCUT2D eigenvalue weighted by Crippen LogP contribution is 2.22. The Labute approximate surface area is 151 Å². The number of hydrogen-bond acceptors (Lipinski definition) is 5. The number of halogens is 1. The molecule has 0 radical (unpaired) electrons. The van der Waals surface area contributed by atoms with Crippen molar-refractivity contribution in [3.8, 4) is 0 Å². The Bertz CT molecular complexity index is 783. The zero-order valence-electron chi connectivity index (χ0n) is 12.7. The SMILES string of the molecule is CC(=O)N/C(=C\c1ccccc1)C(=O)OCC(=O)c1ccc(Br)s1. The van der Waals surface area contributed by atoms with E-state index in [9.17, 15) is 14.4 Å². The second kappa shape index (κ2) is 8.56. The van der Waals surface area contributed by atoms with Gasteiger partial charge in [0.15, 0.2) is 6.61 Å². The Balaban J connectivity index is 2.06. The summed E-state index contributed by atoms with van der Waals surface area (Å²) in [5.41, 5.74) is 0.709. The maximum atomic E-state index is 12.2. The highest BCUT2D eigenvalue weighted by Gasteiger charge is 2.16. The lowest BCUT2D eigenvalue weighted by Gasteiger charge is -2.08. The van der Waals surface area contributed by atoms with Gasteiger partial charge in [-0.15, -0.1) is 11.3 Å². The molecule has 2 rings (SSSR count). The number of ketones is 1. The number of Topliss-reactive ketones (excluding diaryl/α,β-unsaturated/α-hetero) is 1. The minimum Gasteiger partial charge on any atom is -0.453 e. The molecule has 7 heteroatoms. The van der Waals surface area contributed by atoms with Crippen LogP contribution in [0.5, 0.6) is 0 Å². The third-order valence-electron chi connectivity index (χ3n) is 2.82. The molecule has 0 saturated heterocycles. The maximum absolute atomic E-state index is 12.2. The summed E-state index contributed by atoms with van der Waals surface area (Å²) in [4.78, 5) is 35.9. The van der Waals surface area contributed by atoms with Gasteiger partial charge in [-0.2, -0.15) is 0 Å². The Hall–Kier alpha value is -2.25. The summed E-state index contributed by atoms with van der Waals surface area (Å²) in [5.74, 6) is -1.47. The molecule has 124 valence electrons. The Morgan fingerprint density at radius 1 is 1.17 bits per heavy atom. The van der Waals surface area contributed by atoms with Gasteiger partial charge in [-0.25, -0.2) is 4.79 Å². The standard InChI is InChI=1S/C17H14BrNO4S/c1-11(20)19-13(9-12-5-3-2-4-6-12)17(22)23-10-14(21)15-7-8-16(18)24-15/h2-9H,10H2,1H3,(H,19,20)/b13-9-. The summed E-state index contributed by atoms with van der Waals surface area (Å²) < 4.78 is 5.84. The molecule has 0 spiro atoms. The quantitative estimate of drug-likeness (QED) is 0.452. The van der Waals surface area contributed by atoms with Gasteiger partial charge in [0, 0.05) is 6.92 Å². The van der Waals surface area contributed by atoms with E-state index in [1.165, 1.54) is 24.3 Å². The van der Waals surface area contributed by atoms with E-state index in [0.29, 0.717) is 4.88 Å². The predicted molar refractivity (Wildman–Crippen MR) is 95.5 cm³/mol. The number of hydrogen-bond donors (Lipinski definition) is 1. The molecular weight excluding hydrogens is 394 g/mol. The van der Waals surface area contributed by atoms with Crippen LogP contribution in [0.4, 0.5) is 0 Å². The van der Waals surface area contributed by atoms with Crippen LogP contribution in [0, 0.1) is 0 Å². The molecule has 0 saturated carbocycles. The molecule has 0 aliphatic carbocycles. The molecule has 1 amide bonds.